The number of rotatable bonds is 10. The summed E-state index contributed by atoms with van der Waals surface area (Å²) >= 11 is 0. The van der Waals surface area contributed by atoms with E-state index in [9.17, 15) is 0 Å². The summed E-state index contributed by atoms with van der Waals surface area (Å²) in [6, 6.07) is 0. The summed E-state index contributed by atoms with van der Waals surface area (Å²) in [6.45, 7) is 8.99. The van der Waals surface area contributed by atoms with Gasteiger partial charge in [0.15, 0.2) is 0 Å². The van der Waals surface area contributed by atoms with Crippen molar-refractivity contribution in [2.24, 2.45) is 0 Å². The molecule has 0 bridgehead atoms. The molecule has 2 aliphatic rings. The molecule has 0 aromatic rings. The molecule has 0 fully saturated rings. The standard InChI is InChI=1S/2C12H19.Zr/c2*1-3-5-8-12-10-6-9-11(12)7-4-2;/h2*10H,3-8H2,1-2H3;/q2*-1;+2. The van der Waals surface area contributed by atoms with Gasteiger partial charge in [-0.3, -0.25) is 12.2 Å². The third-order valence-corrected chi connectivity index (χ3v) is 4.70. The number of allylic oxidation sites excluding steroid dienone is 8. The van der Waals surface area contributed by atoms with Crippen LogP contribution in [0.25, 0.3) is 0 Å². The van der Waals surface area contributed by atoms with Crippen LogP contribution in [0, 0.1) is 12.2 Å². The summed E-state index contributed by atoms with van der Waals surface area (Å²) in [7, 11) is 0. The van der Waals surface area contributed by atoms with Gasteiger partial charge in [-0.05, 0) is 0 Å². The van der Waals surface area contributed by atoms with E-state index >= 15 is 0 Å². The minimum absolute atomic E-state index is 0. The second-order valence-electron chi connectivity index (χ2n) is 6.88. The van der Waals surface area contributed by atoms with Gasteiger partial charge in [-0.1, -0.05) is 91.9 Å². The van der Waals surface area contributed by atoms with Crippen LogP contribution >= 0.6 is 0 Å². The topological polar surface area (TPSA) is 0 Å². The molecule has 138 valence electrons. The van der Waals surface area contributed by atoms with Gasteiger partial charge in [0, 0.05) is 0 Å². The Kier molecular flexibility index (Phi) is 15.9. The molecule has 0 aliphatic heterocycles. The molecule has 0 N–H and O–H groups in total. The predicted molar refractivity (Wildman–Crippen MR) is 108 cm³/mol. The second kappa shape index (κ2) is 16.0. The van der Waals surface area contributed by atoms with Crippen molar-refractivity contribution in [1.82, 2.24) is 0 Å². The number of hydrogen-bond acceptors (Lipinski definition) is 0. The molecular formula is C24H38Zr. The molecule has 0 amide bonds. The third kappa shape index (κ3) is 9.93. The fourth-order valence-corrected chi connectivity index (χ4v) is 3.31. The molecule has 1 heteroatoms. The van der Waals surface area contributed by atoms with Crippen molar-refractivity contribution in [3.63, 3.8) is 0 Å². The van der Waals surface area contributed by atoms with Crippen LogP contribution in [-0.2, 0) is 26.2 Å². The summed E-state index contributed by atoms with van der Waals surface area (Å²) in [5.74, 6) is 0. The Hall–Kier alpha value is -0.157. The van der Waals surface area contributed by atoms with Gasteiger partial charge in [0.2, 0.25) is 0 Å². The number of hydrogen-bond donors (Lipinski definition) is 0. The van der Waals surface area contributed by atoms with Crippen LogP contribution in [0.3, 0.4) is 0 Å². The van der Waals surface area contributed by atoms with E-state index < -0.39 is 0 Å². The molecule has 0 spiro atoms. The van der Waals surface area contributed by atoms with E-state index in [0.717, 1.165) is 12.8 Å². The van der Waals surface area contributed by atoms with Crippen LogP contribution in [0.1, 0.15) is 105 Å². The van der Waals surface area contributed by atoms with Crippen molar-refractivity contribution in [1.29, 1.82) is 0 Å². The van der Waals surface area contributed by atoms with E-state index in [-0.39, 0.29) is 26.2 Å². The summed E-state index contributed by atoms with van der Waals surface area (Å²) in [6.07, 6.45) is 26.5. The average molecular weight is 418 g/mol. The minimum atomic E-state index is 0. The van der Waals surface area contributed by atoms with Crippen LogP contribution in [0.2, 0.25) is 0 Å². The van der Waals surface area contributed by atoms with E-state index in [0.29, 0.717) is 0 Å². The fourth-order valence-electron chi connectivity index (χ4n) is 3.31. The van der Waals surface area contributed by atoms with Gasteiger partial charge in [-0.15, -0.1) is 12.8 Å². The first kappa shape index (κ1) is 24.8. The van der Waals surface area contributed by atoms with Crippen LogP contribution in [0.15, 0.2) is 34.4 Å². The molecular weight excluding hydrogens is 379 g/mol. The van der Waals surface area contributed by atoms with E-state index in [2.05, 4.69) is 52.0 Å². The molecule has 25 heavy (non-hydrogen) atoms. The molecule has 0 aromatic carbocycles. The molecule has 0 radical (unpaired) electrons. The number of unbranched alkanes of at least 4 members (excludes halogenated alkanes) is 2. The van der Waals surface area contributed by atoms with E-state index in [4.69, 9.17) is 0 Å². The first-order valence-corrected chi connectivity index (χ1v) is 10.3. The van der Waals surface area contributed by atoms with Crippen molar-refractivity contribution in [2.45, 2.75) is 105 Å². The average Bonchev–Trinajstić information content (AvgIpc) is 3.22. The quantitative estimate of drug-likeness (QED) is 0.315. The molecule has 0 unspecified atom stereocenters. The Labute approximate surface area is 177 Å². The van der Waals surface area contributed by atoms with Gasteiger partial charge >= 0.3 is 26.2 Å². The molecule has 2 aliphatic carbocycles. The zero-order chi connectivity index (χ0) is 17.6. The Bertz CT molecular complexity index is 418. The molecule has 0 nitrogen and oxygen atoms in total. The van der Waals surface area contributed by atoms with E-state index in [1.807, 2.05) is 0 Å². The van der Waals surface area contributed by atoms with Gasteiger partial charge in [0.05, 0.1) is 0 Å². The predicted octanol–water partition coefficient (Wildman–Crippen LogP) is 8.07. The molecule has 0 atom stereocenters. The summed E-state index contributed by atoms with van der Waals surface area (Å²) in [5, 5.41) is 0. The van der Waals surface area contributed by atoms with Gasteiger partial charge < -0.3 is 0 Å². The maximum Gasteiger partial charge on any atom is 2.00 e. The fraction of sp³-hybridized carbons (Fsp3) is 0.667. The van der Waals surface area contributed by atoms with E-state index in [1.165, 1.54) is 75.4 Å². The second-order valence-corrected chi connectivity index (χ2v) is 6.88. The maximum atomic E-state index is 3.44. The Morgan fingerprint density at radius 1 is 0.640 bits per heavy atom. The smallest absolute Gasteiger partial charge is 0.269 e. The summed E-state index contributed by atoms with van der Waals surface area (Å²) in [5.41, 5.74) is 6.18. The molecule has 0 aromatic heterocycles. The van der Waals surface area contributed by atoms with E-state index in [1.54, 1.807) is 11.1 Å². The Morgan fingerprint density at radius 3 is 1.36 bits per heavy atom. The molecule has 0 saturated heterocycles. The van der Waals surface area contributed by atoms with Crippen LogP contribution in [0.4, 0.5) is 0 Å². The van der Waals surface area contributed by atoms with Crippen LogP contribution in [-0.4, -0.2) is 0 Å². The zero-order valence-electron chi connectivity index (χ0n) is 17.1. The molecule has 0 heterocycles. The van der Waals surface area contributed by atoms with Crippen LogP contribution in [0.5, 0.6) is 0 Å². The Balaban J connectivity index is 0.000000443. The molecule has 2 rings (SSSR count). The van der Waals surface area contributed by atoms with Crippen molar-refractivity contribution >= 4 is 0 Å². The first-order chi connectivity index (χ1) is 11.8. The monoisotopic (exact) mass is 416 g/mol. The zero-order valence-corrected chi connectivity index (χ0v) is 19.6. The van der Waals surface area contributed by atoms with Gasteiger partial charge in [0.25, 0.3) is 0 Å². The first-order valence-electron chi connectivity index (χ1n) is 10.3. The third-order valence-electron chi connectivity index (χ3n) is 4.70. The van der Waals surface area contributed by atoms with Crippen LogP contribution < -0.4 is 0 Å². The Morgan fingerprint density at radius 2 is 1.04 bits per heavy atom. The van der Waals surface area contributed by atoms with Crippen molar-refractivity contribution in [2.75, 3.05) is 0 Å². The maximum absolute atomic E-state index is 3.44. The summed E-state index contributed by atoms with van der Waals surface area (Å²) < 4.78 is 0. The van der Waals surface area contributed by atoms with Gasteiger partial charge in [-0.2, -0.15) is 23.3 Å². The largest absolute Gasteiger partial charge is 2.00 e. The normalized spacial score (nSPS) is 15.5. The van der Waals surface area contributed by atoms with Gasteiger partial charge in [-0.25, -0.2) is 11.1 Å². The van der Waals surface area contributed by atoms with Crippen molar-refractivity contribution in [3.8, 4) is 0 Å². The molecule has 0 saturated carbocycles. The SMILES string of the molecule is CCCCC1=CC[C-]=C1CCC.CCCCC1=CC[C-]=C1CCC.[Zr+2]. The van der Waals surface area contributed by atoms with Crippen molar-refractivity contribution < 1.29 is 26.2 Å². The summed E-state index contributed by atoms with van der Waals surface area (Å²) in [4.78, 5) is 0. The minimum Gasteiger partial charge on any atom is -0.269 e. The van der Waals surface area contributed by atoms with Gasteiger partial charge in [0.1, 0.15) is 0 Å². The van der Waals surface area contributed by atoms with Crippen molar-refractivity contribution in [3.05, 3.63) is 46.6 Å².